The maximum Gasteiger partial charge on any atom is 0.270 e. The standard InChI is InChI=1S/C29H25N3O6S3/c1-41(36,37)19-10-11-22-18(16-19)12-14-31(22)25(33)9-4-13-32(28(35)24-8-5-15-39-24)29-30-21(17-40-29)27-26(34)20-6-2-3-7-23(20)38-27/h2-3,5-8,10-11,15-17,27H,4,9,12-14H2,1H3. The molecule has 0 radical (unpaired) electrons. The van der Waals surface area contributed by atoms with Crippen molar-refractivity contribution < 1.29 is 27.5 Å². The van der Waals surface area contributed by atoms with Gasteiger partial charge in [0.15, 0.2) is 15.0 Å². The van der Waals surface area contributed by atoms with E-state index in [-0.39, 0.29) is 35.5 Å². The van der Waals surface area contributed by atoms with Crippen LogP contribution in [0, 0.1) is 0 Å². The monoisotopic (exact) mass is 607 g/mol. The van der Waals surface area contributed by atoms with E-state index in [1.165, 1.54) is 35.0 Å². The first-order valence-electron chi connectivity index (χ1n) is 12.9. The Bertz CT molecular complexity index is 1760. The number of aromatic nitrogens is 1. The van der Waals surface area contributed by atoms with Gasteiger partial charge in [-0.25, -0.2) is 13.4 Å². The molecule has 41 heavy (non-hydrogen) atoms. The third-order valence-corrected chi connectivity index (χ3v) is 9.92. The molecule has 12 heteroatoms. The number of ether oxygens (including phenoxy) is 1. The minimum atomic E-state index is -3.33. The highest BCUT2D eigenvalue weighted by molar-refractivity contribution is 7.90. The highest BCUT2D eigenvalue weighted by Gasteiger charge is 2.36. The van der Waals surface area contributed by atoms with Crippen molar-refractivity contribution in [3.8, 4) is 5.75 Å². The van der Waals surface area contributed by atoms with Crippen molar-refractivity contribution in [2.75, 3.05) is 29.1 Å². The lowest BCUT2D eigenvalue weighted by atomic mass is 10.1. The lowest BCUT2D eigenvalue weighted by Crippen LogP contribution is -2.33. The number of rotatable bonds is 8. The molecule has 0 bridgehead atoms. The molecule has 0 spiro atoms. The Labute approximate surface area is 244 Å². The number of benzene rings is 2. The number of carbonyl (C=O) groups excluding carboxylic acids is 3. The smallest absolute Gasteiger partial charge is 0.270 e. The molecule has 4 heterocycles. The van der Waals surface area contributed by atoms with Gasteiger partial charge in [-0.15, -0.1) is 22.7 Å². The minimum Gasteiger partial charge on any atom is -0.475 e. The van der Waals surface area contributed by atoms with Gasteiger partial charge in [0.2, 0.25) is 17.8 Å². The molecule has 2 aliphatic heterocycles. The number of thiazole rings is 1. The molecule has 2 aromatic heterocycles. The summed E-state index contributed by atoms with van der Waals surface area (Å²) in [5, 5.41) is 3.98. The molecule has 2 aromatic carbocycles. The van der Waals surface area contributed by atoms with Gasteiger partial charge in [0, 0.05) is 36.8 Å². The molecule has 210 valence electrons. The number of thiophene rings is 1. The Morgan fingerprint density at radius 1 is 1.12 bits per heavy atom. The van der Waals surface area contributed by atoms with Gasteiger partial charge in [-0.1, -0.05) is 18.2 Å². The van der Waals surface area contributed by atoms with Crippen LogP contribution in [0.5, 0.6) is 5.75 Å². The number of anilines is 2. The quantitative estimate of drug-likeness (QED) is 0.279. The van der Waals surface area contributed by atoms with Crippen LogP contribution in [0.1, 0.15) is 50.2 Å². The van der Waals surface area contributed by atoms with Gasteiger partial charge in [0.25, 0.3) is 5.91 Å². The molecule has 6 rings (SSSR count). The number of sulfone groups is 1. The normalized spacial score (nSPS) is 15.9. The summed E-state index contributed by atoms with van der Waals surface area (Å²) >= 11 is 2.57. The van der Waals surface area contributed by atoms with Crippen molar-refractivity contribution in [1.29, 1.82) is 0 Å². The number of carbonyl (C=O) groups is 3. The zero-order valence-corrected chi connectivity index (χ0v) is 24.4. The van der Waals surface area contributed by atoms with Crippen LogP contribution in [0.15, 0.2) is 70.3 Å². The van der Waals surface area contributed by atoms with Gasteiger partial charge in [0.1, 0.15) is 11.4 Å². The molecular weight excluding hydrogens is 583 g/mol. The largest absolute Gasteiger partial charge is 0.475 e. The van der Waals surface area contributed by atoms with Gasteiger partial charge >= 0.3 is 0 Å². The van der Waals surface area contributed by atoms with E-state index in [2.05, 4.69) is 4.98 Å². The topological polar surface area (TPSA) is 114 Å². The first kappa shape index (κ1) is 27.3. The Kier molecular flexibility index (Phi) is 7.22. The van der Waals surface area contributed by atoms with E-state index >= 15 is 0 Å². The molecule has 9 nitrogen and oxygen atoms in total. The lowest BCUT2D eigenvalue weighted by molar-refractivity contribution is -0.118. The number of hydrogen-bond acceptors (Lipinski definition) is 9. The Morgan fingerprint density at radius 3 is 2.71 bits per heavy atom. The average molecular weight is 608 g/mol. The van der Waals surface area contributed by atoms with Crippen molar-refractivity contribution in [3.63, 3.8) is 0 Å². The SMILES string of the molecule is CS(=O)(=O)c1ccc2c(c1)CCN2C(=O)CCCN(C(=O)c1cccs1)c1nc(C2Oc3ccccc3C2=O)cs1. The third kappa shape index (κ3) is 5.30. The summed E-state index contributed by atoms with van der Waals surface area (Å²) in [6.07, 6.45) is 1.47. The molecule has 0 fully saturated rings. The molecule has 2 amide bonds. The number of para-hydroxylation sites is 1. The van der Waals surface area contributed by atoms with E-state index in [1.54, 1.807) is 63.7 Å². The van der Waals surface area contributed by atoms with E-state index in [0.29, 0.717) is 46.4 Å². The highest BCUT2D eigenvalue weighted by Crippen LogP contribution is 2.38. The van der Waals surface area contributed by atoms with Gasteiger partial charge in [-0.2, -0.15) is 0 Å². The highest BCUT2D eigenvalue weighted by atomic mass is 32.2. The molecule has 0 saturated carbocycles. The van der Waals surface area contributed by atoms with Crippen LogP contribution in [0.25, 0.3) is 0 Å². The average Bonchev–Trinajstić information content (AvgIpc) is 3.76. The molecule has 1 atom stereocenters. The summed E-state index contributed by atoms with van der Waals surface area (Å²) in [7, 11) is -3.33. The zero-order chi connectivity index (χ0) is 28.7. The van der Waals surface area contributed by atoms with Crippen molar-refractivity contribution in [3.05, 3.63) is 87.1 Å². The summed E-state index contributed by atoms with van der Waals surface area (Å²) in [4.78, 5) is 48.2. The van der Waals surface area contributed by atoms with Crippen LogP contribution in [0.3, 0.4) is 0 Å². The van der Waals surface area contributed by atoms with E-state index in [0.717, 1.165) is 11.3 Å². The second kappa shape index (κ2) is 10.8. The second-order valence-electron chi connectivity index (χ2n) is 9.81. The van der Waals surface area contributed by atoms with Crippen molar-refractivity contribution in [2.24, 2.45) is 0 Å². The van der Waals surface area contributed by atoms with E-state index in [4.69, 9.17) is 4.74 Å². The molecule has 0 saturated heterocycles. The summed E-state index contributed by atoms with van der Waals surface area (Å²) in [6.45, 7) is 0.732. The van der Waals surface area contributed by atoms with Gasteiger partial charge in [-0.05, 0) is 60.2 Å². The second-order valence-corrected chi connectivity index (χ2v) is 13.6. The lowest BCUT2D eigenvalue weighted by Gasteiger charge is -2.21. The number of amides is 2. The number of Topliss-reactive ketones (excluding diaryl/α,β-unsaturated/α-hetero) is 1. The predicted molar refractivity (Wildman–Crippen MR) is 157 cm³/mol. The number of ketones is 1. The fourth-order valence-corrected chi connectivity index (χ4v) is 7.22. The minimum absolute atomic E-state index is 0.0954. The van der Waals surface area contributed by atoms with Gasteiger partial charge < -0.3 is 9.64 Å². The fraction of sp³-hybridized carbons (Fsp3) is 0.241. The molecular formula is C29H25N3O6S3. The number of nitrogens with zero attached hydrogens (tertiary/aromatic N) is 3. The summed E-state index contributed by atoms with van der Waals surface area (Å²) in [5.41, 5.74) is 2.50. The Morgan fingerprint density at radius 2 is 1.95 bits per heavy atom. The van der Waals surface area contributed by atoms with Crippen molar-refractivity contribution >= 4 is 60.9 Å². The summed E-state index contributed by atoms with van der Waals surface area (Å²) < 4.78 is 29.7. The summed E-state index contributed by atoms with van der Waals surface area (Å²) in [5.74, 6) is 0.0175. The van der Waals surface area contributed by atoms with E-state index in [1.807, 2.05) is 5.38 Å². The molecule has 0 aliphatic carbocycles. The van der Waals surface area contributed by atoms with Gasteiger partial charge in [-0.3, -0.25) is 19.3 Å². The van der Waals surface area contributed by atoms with Crippen LogP contribution < -0.4 is 14.5 Å². The predicted octanol–water partition coefficient (Wildman–Crippen LogP) is 4.94. The third-order valence-electron chi connectivity index (χ3n) is 7.07. The molecule has 0 N–H and O–H groups in total. The van der Waals surface area contributed by atoms with E-state index < -0.39 is 15.9 Å². The van der Waals surface area contributed by atoms with Crippen molar-refractivity contribution in [2.45, 2.75) is 30.3 Å². The molecule has 1 unspecified atom stereocenters. The van der Waals surface area contributed by atoms with Gasteiger partial charge in [0.05, 0.1) is 15.3 Å². The first-order chi connectivity index (χ1) is 19.7. The van der Waals surface area contributed by atoms with E-state index in [9.17, 15) is 22.8 Å². The Balaban J connectivity index is 1.16. The fourth-order valence-electron chi connectivity index (χ4n) is 5.02. The van der Waals surface area contributed by atoms with Crippen LogP contribution in [-0.4, -0.2) is 50.3 Å². The van der Waals surface area contributed by atoms with Crippen LogP contribution >= 0.6 is 22.7 Å². The molecule has 4 aromatic rings. The van der Waals surface area contributed by atoms with Crippen molar-refractivity contribution in [1.82, 2.24) is 4.98 Å². The number of hydrogen-bond donors (Lipinski definition) is 0. The van der Waals surface area contributed by atoms with Crippen LogP contribution in [-0.2, 0) is 21.1 Å². The number of fused-ring (bicyclic) bond motifs is 2. The summed E-state index contributed by atoms with van der Waals surface area (Å²) in [6, 6.07) is 15.4. The van der Waals surface area contributed by atoms with Crippen LogP contribution in [0.2, 0.25) is 0 Å². The van der Waals surface area contributed by atoms with Crippen LogP contribution in [0.4, 0.5) is 10.8 Å². The Hall–Kier alpha value is -3.87. The first-order valence-corrected chi connectivity index (χ1v) is 16.6. The maximum absolute atomic E-state index is 13.4. The zero-order valence-electron chi connectivity index (χ0n) is 22.0. The maximum atomic E-state index is 13.4. The molecule has 2 aliphatic rings.